The van der Waals surface area contributed by atoms with Crippen molar-refractivity contribution in [2.24, 2.45) is 16.7 Å². The van der Waals surface area contributed by atoms with Crippen molar-refractivity contribution in [1.82, 2.24) is 4.90 Å². The molecule has 1 aliphatic heterocycles. The van der Waals surface area contributed by atoms with Gasteiger partial charge >= 0.3 is 5.97 Å². The van der Waals surface area contributed by atoms with Crippen molar-refractivity contribution < 1.29 is 9.90 Å². The molecule has 3 nitrogen and oxygen atoms in total. The Morgan fingerprint density at radius 3 is 2.43 bits per heavy atom. The van der Waals surface area contributed by atoms with E-state index in [9.17, 15) is 9.90 Å². The molecule has 21 heavy (non-hydrogen) atoms. The zero-order valence-corrected chi connectivity index (χ0v) is 14.3. The van der Waals surface area contributed by atoms with Crippen LogP contribution in [-0.2, 0) is 4.79 Å². The number of carboxylic acids is 1. The number of nitrogens with zero attached hydrogens (tertiary/aromatic N) is 1. The van der Waals surface area contributed by atoms with Gasteiger partial charge in [0, 0.05) is 12.6 Å². The summed E-state index contributed by atoms with van der Waals surface area (Å²) in [4.78, 5) is 14.0. The van der Waals surface area contributed by atoms with Crippen molar-refractivity contribution in [3.05, 3.63) is 0 Å². The summed E-state index contributed by atoms with van der Waals surface area (Å²) in [7, 11) is 0. The van der Waals surface area contributed by atoms with E-state index in [-0.39, 0.29) is 0 Å². The molecule has 1 N–H and O–H groups in total. The lowest BCUT2D eigenvalue weighted by Crippen LogP contribution is -2.51. The molecule has 0 amide bonds. The Balaban J connectivity index is 1.92. The fourth-order valence-corrected chi connectivity index (χ4v) is 4.28. The molecular formula is C18H33NO2. The van der Waals surface area contributed by atoms with Gasteiger partial charge in [-0.2, -0.15) is 0 Å². The number of piperidine rings is 1. The summed E-state index contributed by atoms with van der Waals surface area (Å²) >= 11 is 0. The monoisotopic (exact) mass is 295 g/mol. The van der Waals surface area contributed by atoms with Crippen molar-refractivity contribution in [1.29, 1.82) is 0 Å². The molecular weight excluding hydrogens is 262 g/mol. The molecule has 0 bridgehead atoms. The maximum Gasteiger partial charge on any atom is 0.310 e. The molecule has 3 heteroatoms. The second-order valence-electron chi connectivity index (χ2n) is 8.29. The highest BCUT2D eigenvalue weighted by Gasteiger charge is 2.41. The third-order valence-electron chi connectivity index (χ3n) is 6.47. The van der Waals surface area contributed by atoms with Gasteiger partial charge in [-0.25, -0.2) is 0 Å². The van der Waals surface area contributed by atoms with Crippen LogP contribution in [0.2, 0.25) is 0 Å². The highest BCUT2D eigenvalue weighted by molar-refractivity contribution is 5.74. The van der Waals surface area contributed by atoms with Gasteiger partial charge in [0.2, 0.25) is 0 Å². The van der Waals surface area contributed by atoms with Crippen LogP contribution in [0, 0.1) is 16.7 Å². The fraction of sp³-hybridized carbons (Fsp3) is 0.944. The predicted molar refractivity (Wildman–Crippen MR) is 86.4 cm³/mol. The first kappa shape index (κ1) is 16.8. The van der Waals surface area contributed by atoms with E-state index < -0.39 is 11.4 Å². The van der Waals surface area contributed by atoms with Gasteiger partial charge < -0.3 is 5.11 Å². The first-order valence-electron chi connectivity index (χ1n) is 8.76. The van der Waals surface area contributed by atoms with E-state index in [0.717, 1.165) is 31.8 Å². The Kier molecular flexibility index (Phi) is 5.02. The third kappa shape index (κ3) is 3.61. The molecule has 122 valence electrons. The molecule has 0 aromatic rings. The smallest absolute Gasteiger partial charge is 0.310 e. The van der Waals surface area contributed by atoms with Gasteiger partial charge in [0.25, 0.3) is 0 Å². The summed E-state index contributed by atoms with van der Waals surface area (Å²) in [6.07, 6.45) is 8.24. The molecule has 1 saturated heterocycles. The standard InChI is InChI=1S/C18H33NO2/c1-5-17(2,3)14-7-9-15(10-8-14)19-12-6-11-18(4,13-19)16(20)21/h14-15H,5-13H2,1-4H3,(H,20,21). The maximum atomic E-state index is 11.5. The number of carboxylic acid groups (broad SMARTS) is 1. The molecule has 0 aromatic carbocycles. The minimum atomic E-state index is -0.618. The van der Waals surface area contributed by atoms with Gasteiger partial charge in [-0.15, -0.1) is 0 Å². The molecule has 1 unspecified atom stereocenters. The van der Waals surface area contributed by atoms with Crippen LogP contribution in [-0.4, -0.2) is 35.1 Å². The molecule has 1 aliphatic carbocycles. The molecule has 0 radical (unpaired) electrons. The van der Waals surface area contributed by atoms with E-state index in [1.807, 2.05) is 6.92 Å². The van der Waals surface area contributed by atoms with E-state index in [4.69, 9.17) is 0 Å². The van der Waals surface area contributed by atoms with Crippen LogP contribution in [0.15, 0.2) is 0 Å². The number of aliphatic carboxylic acids is 1. The van der Waals surface area contributed by atoms with Crippen LogP contribution in [0.25, 0.3) is 0 Å². The van der Waals surface area contributed by atoms with Gasteiger partial charge in [0.1, 0.15) is 0 Å². The van der Waals surface area contributed by atoms with Gasteiger partial charge in [-0.3, -0.25) is 9.69 Å². The average molecular weight is 295 g/mol. The Morgan fingerprint density at radius 2 is 1.90 bits per heavy atom. The lowest BCUT2D eigenvalue weighted by Gasteiger charge is -2.46. The number of rotatable bonds is 4. The Morgan fingerprint density at radius 1 is 1.29 bits per heavy atom. The first-order valence-corrected chi connectivity index (χ1v) is 8.76. The molecule has 2 aliphatic rings. The normalized spacial score (nSPS) is 35.6. The third-order valence-corrected chi connectivity index (χ3v) is 6.47. The number of carbonyl (C=O) groups is 1. The van der Waals surface area contributed by atoms with Crippen molar-refractivity contribution in [3.8, 4) is 0 Å². The molecule has 1 saturated carbocycles. The minimum absolute atomic E-state index is 0.461. The second-order valence-corrected chi connectivity index (χ2v) is 8.29. The summed E-state index contributed by atoms with van der Waals surface area (Å²) in [6, 6.07) is 0.618. The van der Waals surface area contributed by atoms with Crippen LogP contribution in [0.4, 0.5) is 0 Å². The Bertz CT molecular complexity index is 371. The summed E-state index contributed by atoms with van der Waals surface area (Å²) in [5, 5.41) is 9.47. The van der Waals surface area contributed by atoms with Crippen LogP contribution in [0.5, 0.6) is 0 Å². The summed E-state index contributed by atoms with van der Waals surface area (Å²) in [5.41, 5.74) is -0.0692. The zero-order valence-electron chi connectivity index (χ0n) is 14.3. The SMILES string of the molecule is CCC(C)(C)C1CCC(N2CCCC(C)(C(=O)O)C2)CC1. The topological polar surface area (TPSA) is 40.5 Å². The van der Waals surface area contributed by atoms with Crippen molar-refractivity contribution in [3.63, 3.8) is 0 Å². The van der Waals surface area contributed by atoms with E-state index in [1.54, 1.807) is 0 Å². The highest BCUT2D eigenvalue weighted by atomic mass is 16.4. The molecule has 0 aromatic heterocycles. The average Bonchev–Trinajstić information content (AvgIpc) is 2.47. The van der Waals surface area contributed by atoms with Crippen LogP contribution < -0.4 is 0 Å². The lowest BCUT2D eigenvalue weighted by atomic mass is 9.68. The predicted octanol–water partition coefficient (Wildman–Crippen LogP) is 4.17. The number of hydrogen-bond donors (Lipinski definition) is 1. The summed E-state index contributed by atoms with van der Waals surface area (Å²) in [5.74, 6) is 0.224. The molecule has 2 fully saturated rings. The second kappa shape index (κ2) is 6.28. The molecule has 1 heterocycles. The summed E-state index contributed by atoms with van der Waals surface area (Å²) < 4.78 is 0. The van der Waals surface area contributed by atoms with Crippen molar-refractivity contribution in [2.75, 3.05) is 13.1 Å². The minimum Gasteiger partial charge on any atom is -0.481 e. The van der Waals surface area contributed by atoms with Crippen molar-refractivity contribution >= 4 is 5.97 Å². The fourth-order valence-electron chi connectivity index (χ4n) is 4.28. The van der Waals surface area contributed by atoms with E-state index in [0.29, 0.717) is 11.5 Å². The maximum absolute atomic E-state index is 11.5. The number of likely N-dealkylation sites (tertiary alicyclic amines) is 1. The molecule has 0 spiro atoms. The Hall–Kier alpha value is -0.570. The van der Waals surface area contributed by atoms with Crippen LogP contribution in [0.1, 0.15) is 72.6 Å². The van der Waals surface area contributed by atoms with Gasteiger partial charge in [0.05, 0.1) is 5.41 Å². The van der Waals surface area contributed by atoms with E-state index in [1.165, 1.54) is 32.1 Å². The van der Waals surface area contributed by atoms with Gasteiger partial charge in [-0.05, 0) is 63.3 Å². The molecule has 1 atom stereocenters. The zero-order chi connectivity index (χ0) is 15.7. The van der Waals surface area contributed by atoms with Crippen molar-refractivity contribution in [2.45, 2.75) is 78.7 Å². The van der Waals surface area contributed by atoms with Gasteiger partial charge in [-0.1, -0.05) is 27.2 Å². The van der Waals surface area contributed by atoms with Crippen LogP contribution >= 0.6 is 0 Å². The number of hydrogen-bond acceptors (Lipinski definition) is 2. The lowest BCUT2D eigenvalue weighted by molar-refractivity contribution is -0.152. The van der Waals surface area contributed by atoms with E-state index >= 15 is 0 Å². The van der Waals surface area contributed by atoms with Gasteiger partial charge in [0.15, 0.2) is 0 Å². The summed E-state index contributed by atoms with van der Waals surface area (Å²) in [6.45, 7) is 10.9. The Labute approximate surface area is 130 Å². The first-order chi connectivity index (χ1) is 9.78. The quantitative estimate of drug-likeness (QED) is 0.846. The van der Waals surface area contributed by atoms with E-state index in [2.05, 4.69) is 25.7 Å². The van der Waals surface area contributed by atoms with Crippen LogP contribution in [0.3, 0.4) is 0 Å². The largest absolute Gasteiger partial charge is 0.481 e. The highest BCUT2D eigenvalue weighted by Crippen LogP contribution is 2.42. The molecule has 2 rings (SSSR count).